The van der Waals surface area contributed by atoms with Gasteiger partial charge in [-0.15, -0.1) is 0 Å². The molecular formula is C15H22O4. The zero-order valence-corrected chi connectivity index (χ0v) is 11.6. The zero-order valence-electron chi connectivity index (χ0n) is 11.6. The molecule has 0 bridgehead atoms. The first-order valence-electron chi connectivity index (χ1n) is 7.01. The average Bonchev–Trinajstić information content (AvgIpc) is 3.00. The van der Waals surface area contributed by atoms with Crippen molar-refractivity contribution in [3.63, 3.8) is 0 Å². The second-order valence-electron chi connectivity index (χ2n) is 7.05. The molecule has 3 N–H and O–H groups in total. The number of allylic oxidation sites excluding steroid dienone is 1. The maximum atomic E-state index is 12.2. The molecule has 0 saturated heterocycles. The Morgan fingerprint density at radius 3 is 2.58 bits per heavy atom. The van der Waals surface area contributed by atoms with Gasteiger partial charge in [0.25, 0.3) is 0 Å². The Hall–Kier alpha value is -0.710. The predicted octanol–water partition coefficient (Wildman–Crippen LogP) is 0.508. The van der Waals surface area contributed by atoms with Gasteiger partial charge in [0.1, 0.15) is 6.10 Å². The molecule has 0 heterocycles. The van der Waals surface area contributed by atoms with E-state index >= 15 is 0 Å². The third-order valence-corrected chi connectivity index (χ3v) is 6.16. The van der Waals surface area contributed by atoms with Gasteiger partial charge < -0.3 is 15.3 Å². The van der Waals surface area contributed by atoms with E-state index in [0.717, 1.165) is 0 Å². The number of aliphatic hydroxyl groups is 3. The Bertz CT molecular complexity index is 471. The molecule has 2 saturated carbocycles. The Morgan fingerprint density at radius 2 is 2.00 bits per heavy atom. The maximum absolute atomic E-state index is 12.2. The van der Waals surface area contributed by atoms with Crippen molar-refractivity contribution in [1.82, 2.24) is 0 Å². The minimum atomic E-state index is -0.949. The van der Waals surface area contributed by atoms with Crippen molar-refractivity contribution in [3.8, 4) is 0 Å². The highest BCUT2D eigenvalue weighted by atomic mass is 16.3. The summed E-state index contributed by atoms with van der Waals surface area (Å²) in [6.07, 6.45) is 0.326. The van der Waals surface area contributed by atoms with E-state index < -0.39 is 12.2 Å². The summed E-state index contributed by atoms with van der Waals surface area (Å²) in [6.45, 7) is 6.08. The number of ketones is 1. The first-order valence-corrected chi connectivity index (χ1v) is 7.01. The van der Waals surface area contributed by atoms with E-state index in [9.17, 15) is 20.1 Å². The van der Waals surface area contributed by atoms with Crippen molar-refractivity contribution >= 4 is 5.78 Å². The van der Waals surface area contributed by atoms with Crippen LogP contribution in [0.25, 0.3) is 0 Å². The minimum absolute atomic E-state index is 0.00382. The first-order chi connectivity index (χ1) is 8.78. The second-order valence-corrected chi connectivity index (χ2v) is 7.05. The highest BCUT2D eigenvalue weighted by Crippen LogP contribution is 2.73. The third kappa shape index (κ3) is 1.37. The molecule has 0 aliphatic heterocycles. The van der Waals surface area contributed by atoms with Gasteiger partial charge in [0.05, 0.1) is 6.10 Å². The summed E-state index contributed by atoms with van der Waals surface area (Å²) in [5, 5.41) is 29.8. The van der Waals surface area contributed by atoms with E-state index in [1.807, 2.05) is 6.92 Å². The summed E-state index contributed by atoms with van der Waals surface area (Å²) < 4.78 is 0. The van der Waals surface area contributed by atoms with Crippen molar-refractivity contribution in [2.24, 2.45) is 28.6 Å². The molecule has 0 amide bonds. The van der Waals surface area contributed by atoms with E-state index in [2.05, 4.69) is 13.8 Å². The lowest BCUT2D eigenvalue weighted by molar-refractivity contribution is -0.118. The Kier molecular flexibility index (Phi) is 2.58. The van der Waals surface area contributed by atoms with Gasteiger partial charge in [0, 0.05) is 17.9 Å². The lowest BCUT2D eigenvalue weighted by Gasteiger charge is -2.48. The smallest absolute Gasteiger partial charge is 0.159 e. The van der Waals surface area contributed by atoms with Gasteiger partial charge in [-0.3, -0.25) is 4.79 Å². The molecule has 3 aliphatic carbocycles. The number of hydrogen-bond donors (Lipinski definition) is 3. The molecule has 7 atom stereocenters. The molecule has 0 aromatic heterocycles. The Morgan fingerprint density at radius 1 is 1.37 bits per heavy atom. The van der Waals surface area contributed by atoms with Crippen LogP contribution >= 0.6 is 0 Å². The second kappa shape index (κ2) is 3.68. The van der Waals surface area contributed by atoms with Gasteiger partial charge in [0.2, 0.25) is 0 Å². The van der Waals surface area contributed by atoms with Gasteiger partial charge in [-0.25, -0.2) is 0 Å². The number of hydrogen-bond acceptors (Lipinski definition) is 4. The molecule has 4 heteroatoms. The van der Waals surface area contributed by atoms with Gasteiger partial charge >= 0.3 is 0 Å². The van der Waals surface area contributed by atoms with Crippen molar-refractivity contribution in [1.29, 1.82) is 0 Å². The van der Waals surface area contributed by atoms with Crippen LogP contribution in [-0.4, -0.2) is 39.9 Å². The van der Waals surface area contributed by atoms with E-state index in [1.54, 1.807) is 0 Å². The summed E-state index contributed by atoms with van der Waals surface area (Å²) in [4.78, 5) is 12.2. The number of aliphatic hydroxyl groups excluding tert-OH is 3. The summed E-state index contributed by atoms with van der Waals surface area (Å²) >= 11 is 0. The van der Waals surface area contributed by atoms with Crippen molar-refractivity contribution in [2.45, 2.75) is 39.4 Å². The van der Waals surface area contributed by atoms with E-state index in [4.69, 9.17) is 0 Å². The van der Waals surface area contributed by atoms with Gasteiger partial charge in [0.15, 0.2) is 5.78 Å². The van der Waals surface area contributed by atoms with Crippen LogP contribution in [0.4, 0.5) is 0 Å². The SMILES string of the molecule is C[C@H]1C[C@H](O)[C@H](O)C2=CC(=O)[C@H]3[C@H]([C@]3(C)CO)[C@@]21C. The highest BCUT2D eigenvalue weighted by molar-refractivity contribution is 5.98. The van der Waals surface area contributed by atoms with Gasteiger partial charge in [-0.05, 0) is 35.3 Å². The molecule has 3 rings (SSSR count). The van der Waals surface area contributed by atoms with Gasteiger partial charge in [-0.2, -0.15) is 0 Å². The minimum Gasteiger partial charge on any atom is -0.396 e. The predicted molar refractivity (Wildman–Crippen MR) is 69.2 cm³/mol. The lowest BCUT2D eigenvalue weighted by atomic mass is 9.57. The molecule has 0 radical (unpaired) electrons. The van der Waals surface area contributed by atoms with Crippen molar-refractivity contribution in [3.05, 3.63) is 11.6 Å². The molecule has 106 valence electrons. The van der Waals surface area contributed by atoms with Crippen LogP contribution in [0.3, 0.4) is 0 Å². The van der Waals surface area contributed by atoms with Crippen LogP contribution in [0.15, 0.2) is 11.6 Å². The topological polar surface area (TPSA) is 77.8 Å². The third-order valence-electron chi connectivity index (χ3n) is 6.16. The molecule has 2 fully saturated rings. The first kappa shape index (κ1) is 13.3. The Labute approximate surface area is 113 Å². The monoisotopic (exact) mass is 266 g/mol. The van der Waals surface area contributed by atoms with Crippen molar-refractivity contribution in [2.75, 3.05) is 6.61 Å². The molecule has 0 spiro atoms. The molecule has 0 aromatic carbocycles. The maximum Gasteiger partial charge on any atom is 0.159 e. The summed E-state index contributed by atoms with van der Waals surface area (Å²) in [5.41, 5.74) is -0.00289. The quantitative estimate of drug-likeness (QED) is 0.646. The fourth-order valence-corrected chi connectivity index (χ4v) is 4.80. The van der Waals surface area contributed by atoms with E-state index in [0.29, 0.717) is 12.0 Å². The van der Waals surface area contributed by atoms with Crippen LogP contribution in [-0.2, 0) is 4.79 Å². The summed E-state index contributed by atoms with van der Waals surface area (Å²) in [6, 6.07) is 0. The summed E-state index contributed by atoms with van der Waals surface area (Å²) in [7, 11) is 0. The van der Waals surface area contributed by atoms with Crippen LogP contribution < -0.4 is 0 Å². The molecule has 3 aliphatic rings. The number of carbonyl (C=O) groups is 1. The highest BCUT2D eigenvalue weighted by Gasteiger charge is 2.74. The molecule has 19 heavy (non-hydrogen) atoms. The fourth-order valence-electron chi connectivity index (χ4n) is 4.80. The normalized spacial score (nSPS) is 56.2. The zero-order chi connectivity index (χ0) is 14.2. The van der Waals surface area contributed by atoms with Crippen molar-refractivity contribution < 1.29 is 20.1 Å². The van der Waals surface area contributed by atoms with E-state index in [1.165, 1.54) is 6.08 Å². The van der Waals surface area contributed by atoms with Crippen LogP contribution in [0.5, 0.6) is 0 Å². The standard InChI is InChI=1S/C15H22O4/c1-7-4-10(18)12(19)8-5-9(17)11-13(15(7,8)3)14(11,2)6-16/h5,7,10-13,16,18-19H,4,6H2,1-3H3/t7-,10-,11-,12+,13+,14+,15+/m0/s1. The van der Waals surface area contributed by atoms with Crippen LogP contribution in [0.1, 0.15) is 27.2 Å². The fraction of sp³-hybridized carbons (Fsp3) is 0.800. The number of rotatable bonds is 1. The molecule has 0 unspecified atom stereocenters. The average molecular weight is 266 g/mol. The number of carbonyl (C=O) groups excluding carboxylic acids is 1. The molecule has 4 nitrogen and oxygen atoms in total. The lowest BCUT2D eigenvalue weighted by Crippen LogP contribution is -2.49. The van der Waals surface area contributed by atoms with Crippen LogP contribution in [0.2, 0.25) is 0 Å². The van der Waals surface area contributed by atoms with E-state index in [-0.39, 0.29) is 41.0 Å². The molecule has 0 aromatic rings. The largest absolute Gasteiger partial charge is 0.396 e. The summed E-state index contributed by atoms with van der Waals surface area (Å²) in [5.74, 6) is 0.131. The Balaban J connectivity index is 2.10. The molecular weight excluding hydrogens is 244 g/mol. The number of fused-ring (bicyclic) bond motifs is 3. The van der Waals surface area contributed by atoms with Gasteiger partial charge in [-0.1, -0.05) is 20.8 Å². The van der Waals surface area contributed by atoms with Crippen LogP contribution in [0, 0.1) is 28.6 Å².